The van der Waals surface area contributed by atoms with Crippen LogP contribution in [0.4, 0.5) is 24.5 Å². The summed E-state index contributed by atoms with van der Waals surface area (Å²) in [4.78, 5) is 30.5. The van der Waals surface area contributed by atoms with Crippen molar-refractivity contribution in [3.05, 3.63) is 95.3 Å². The molecule has 0 radical (unpaired) electrons. The lowest BCUT2D eigenvalue weighted by atomic mass is 9.88. The van der Waals surface area contributed by atoms with Gasteiger partial charge in [-0.05, 0) is 59.9 Å². The number of hydrogen-bond donors (Lipinski definition) is 1. The van der Waals surface area contributed by atoms with Gasteiger partial charge in [0.2, 0.25) is 5.91 Å². The van der Waals surface area contributed by atoms with Crippen molar-refractivity contribution in [1.29, 1.82) is 0 Å². The number of halogens is 3. The Morgan fingerprint density at radius 3 is 2.40 bits per heavy atom. The van der Waals surface area contributed by atoms with E-state index >= 15 is 0 Å². The van der Waals surface area contributed by atoms with E-state index in [9.17, 15) is 22.8 Å². The van der Waals surface area contributed by atoms with E-state index in [4.69, 9.17) is 0 Å². The minimum Gasteiger partial charge on any atom is -0.466 e. The van der Waals surface area contributed by atoms with E-state index in [1.165, 1.54) is 25.4 Å². The first-order chi connectivity index (χ1) is 19.2. The van der Waals surface area contributed by atoms with Crippen LogP contribution in [0.1, 0.15) is 54.5 Å². The number of pyridine rings is 1. The minimum absolute atomic E-state index is 0.0242. The van der Waals surface area contributed by atoms with E-state index < -0.39 is 17.8 Å². The molecule has 9 heteroatoms. The third kappa shape index (κ3) is 7.94. The van der Waals surface area contributed by atoms with Crippen LogP contribution in [0.25, 0.3) is 6.08 Å². The molecule has 1 N–H and O–H groups in total. The number of carbonyl (C=O) groups excluding carboxylic acids is 2. The highest BCUT2D eigenvalue weighted by atomic mass is 19.4. The highest BCUT2D eigenvalue weighted by molar-refractivity contribution is 5.95. The summed E-state index contributed by atoms with van der Waals surface area (Å²) in [6, 6.07) is 17.6. The normalized spacial score (nSPS) is 14.2. The van der Waals surface area contributed by atoms with E-state index in [0.717, 1.165) is 60.5 Å². The fourth-order valence-corrected chi connectivity index (χ4v) is 4.71. The molecule has 0 spiro atoms. The molecular weight excluding hydrogens is 519 g/mol. The van der Waals surface area contributed by atoms with Crippen LogP contribution in [-0.4, -0.2) is 24.0 Å². The van der Waals surface area contributed by atoms with Gasteiger partial charge in [0.05, 0.1) is 25.5 Å². The molecule has 1 aromatic heterocycles. The number of aromatic nitrogens is 1. The molecule has 40 heavy (non-hydrogen) atoms. The first-order valence-corrected chi connectivity index (χ1v) is 13.3. The summed E-state index contributed by atoms with van der Waals surface area (Å²) in [7, 11) is 1.32. The predicted molar refractivity (Wildman–Crippen MR) is 148 cm³/mol. The molecule has 0 unspecified atom stereocenters. The second-order valence-corrected chi connectivity index (χ2v) is 9.81. The predicted octanol–water partition coefficient (Wildman–Crippen LogP) is 7.01. The van der Waals surface area contributed by atoms with Crippen LogP contribution < -0.4 is 10.2 Å². The zero-order valence-corrected chi connectivity index (χ0v) is 22.3. The molecule has 1 aliphatic rings. The van der Waals surface area contributed by atoms with Crippen molar-refractivity contribution >= 4 is 29.3 Å². The maximum Gasteiger partial charge on any atom is 0.433 e. The summed E-state index contributed by atoms with van der Waals surface area (Å²) in [6.45, 7) is 0.794. The summed E-state index contributed by atoms with van der Waals surface area (Å²) in [5.74, 6) is -0.386. The summed E-state index contributed by atoms with van der Waals surface area (Å²) in [6.07, 6.45) is 4.69. The Labute approximate surface area is 231 Å². The number of esters is 1. The van der Waals surface area contributed by atoms with Crippen LogP contribution in [0.5, 0.6) is 0 Å². The van der Waals surface area contributed by atoms with Crippen LogP contribution in [-0.2, 0) is 33.6 Å². The first-order valence-electron chi connectivity index (χ1n) is 13.3. The van der Waals surface area contributed by atoms with E-state index in [-0.39, 0.29) is 11.8 Å². The number of methoxy groups -OCH3 is 1. The van der Waals surface area contributed by atoms with Crippen molar-refractivity contribution in [2.45, 2.75) is 51.4 Å². The number of ether oxygens (including phenoxy) is 1. The average molecular weight is 552 g/mol. The van der Waals surface area contributed by atoms with Crippen LogP contribution in [0, 0.1) is 5.92 Å². The van der Waals surface area contributed by atoms with Crippen molar-refractivity contribution in [1.82, 2.24) is 4.98 Å². The van der Waals surface area contributed by atoms with Crippen molar-refractivity contribution in [3.63, 3.8) is 0 Å². The molecule has 4 rings (SSSR count). The van der Waals surface area contributed by atoms with Gasteiger partial charge in [0.15, 0.2) is 0 Å². The molecule has 1 amide bonds. The topological polar surface area (TPSA) is 71.5 Å². The maximum absolute atomic E-state index is 13.7. The van der Waals surface area contributed by atoms with Crippen molar-refractivity contribution < 1.29 is 27.5 Å². The SMILES string of the molecule is COC(=O)/C=C/c1cccc(N(Cc2ccc(CNc3ccc(C(F)(F)F)nc3)cc2)C(=O)C2CCCCC2)c1. The Bertz CT molecular complexity index is 1320. The standard InChI is InChI=1S/C31H32F3N3O3/c1-40-29(38)17-14-22-6-5-9-27(18-22)37(30(39)25-7-3-2-4-8-25)21-24-12-10-23(11-13-24)19-35-26-15-16-28(36-20-26)31(32,33)34/h5-6,9-18,20,25,35H,2-4,7-8,19,21H2,1H3/b17-14+. The van der Waals surface area contributed by atoms with Gasteiger partial charge >= 0.3 is 12.1 Å². The second kappa shape index (κ2) is 13.3. The molecule has 1 aliphatic carbocycles. The van der Waals surface area contributed by atoms with Crippen molar-refractivity contribution in [2.75, 3.05) is 17.3 Å². The number of amides is 1. The van der Waals surface area contributed by atoms with Gasteiger partial charge in [-0.3, -0.25) is 4.79 Å². The Balaban J connectivity index is 1.47. The smallest absolute Gasteiger partial charge is 0.433 e. The van der Waals surface area contributed by atoms with Crippen LogP contribution in [0.15, 0.2) is 72.9 Å². The Kier molecular flexibility index (Phi) is 9.58. The largest absolute Gasteiger partial charge is 0.466 e. The van der Waals surface area contributed by atoms with E-state index in [1.54, 1.807) is 6.08 Å². The number of rotatable bonds is 9. The molecular formula is C31H32F3N3O3. The molecule has 0 bridgehead atoms. The summed E-state index contributed by atoms with van der Waals surface area (Å²) in [5, 5.41) is 3.08. The average Bonchev–Trinajstić information content (AvgIpc) is 2.98. The molecule has 3 aromatic rings. The molecule has 1 heterocycles. The van der Waals surface area contributed by atoms with Crippen LogP contribution >= 0.6 is 0 Å². The fraction of sp³-hybridized carbons (Fsp3) is 0.323. The third-order valence-corrected chi connectivity index (χ3v) is 6.93. The van der Waals surface area contributed by atoms with Crippen LogP contribution in [0.3, 0.4) is 0 Å². The summed E-state index contributed by atoms with van der Waals surface area (Å²) in [5.41, 5.74) is 2.97. The molecule has 210 valence electrons. The van der Waals surface area contributed by atoms with E-state index in [1.807, 2.05) is 53.4 Å². The van der Waals surface area contributed by atoms with Crippen molar-refractivity contribution in [2.24, 2.45) is 5.92 Å². The van der Waals surface area contributed by atoms with Gasteiger partial charge in [-0.1, -0.05) is 55.7 Å². The first kappa shape index (κ1) is 28.9. The number of nitrogens with one attached hydrogen (secondary N) is 1. The number of nitrogens with zero attached hydrogens (tertiary/aromatic N) is 2. The lowest BCUT2D eigenvalue weighted by molar-refractivity contribution is -0.141. The molecule has 1 fully saturated rings. The van der Waals surface area contributed by atoms with Gasteiger partial charge in [-0.25, -0.2) is 9.78 Å². The quantitative estimate of drug-likeness (QED) is 0.229. The maximum atomic E-state index is 13.7. The third-order valence-electron chi connectivity index (χ3n) is 6.93. The Morgan fingerprint density at radius 1 is 1.02 bits per heavy atom. The molecule has 1 saturated carbocycles. The number of alkyl halides is 3. The molecule has 2 aromatic carbocycles. The minimum atomic E-state index is -4.47. The summed E-state index contributed by atoms with van der Waals surface area (Å²) >= 11 is 0. The lowest BCUT2D eigenvalue weighted by Gasteiger charge is -2.30. The van der Waals surface area contributed by atoms with Gasteiger partial charge in [-0.2, -0.15) is 13.2 Å². The van der Waals surface area contributed by atoms with Crippen molar-refractivity contribution in [3.8, 4) is 0 Å². The lowest BCUT2D eigenvalue weighted by Crippen LogP contribution is -2.36. The molecule has 0 saturated heterocycles. The van der Waals surface area contributed by atoms with Gasteiger partial charge in [0.1, 0.15) is 5.69 Å². The van der Waals surface area contributed by atoms with Gasteiger partial charge < -0.3 is 15.0 Å². The monoisotopic (exact) mass is 551 g/mol. The van der Waals surface area contributed by atoms with Gasteiger partial charge in [0.25, 0.3) is 0 Å². The second-order valence-electron chi connectivity index (χ2n) is 9.81. The zero-order chi connectivity index (χ0) is 28.5. The fourth-order valence-electron chi connectivity index (χ4n) is 4.71. The number of carbonyl (C=O) groups is 2. The van der Waals surface area contributed by atoms with E-state index in [0.29, 0.717) is 18.8 Å². The zero-order valence-electron chi connectivity index (χ0n) is 22.3. The Morgan fingerprint density at radius 2 is 1.75 bits per heavy atom. The summed E-state index contributed by atoms with van der Waals surface area (Å²) < 4.78 is 42.9. The number of hydrogen-bond acceptors (Lipinski definition) is 5. The molecule has 6 nitrogen and oxygen atoms in total. The van der Waals surface area contributed by atoms with Gasteiger partial charge in [0, 0.05) is 24.2 Å². The van der Waals surface area contributed by atoms with Crippen LogP contribution in [0.2, 0.25) is 0 Å². The molecule has 0 aliphatic heterocycles. The van der Waals surface area contributed by atoms with E-state index in [2.05, 4.69) is 15.0 Å². The highest BCUT2D eigenvalue weighted by Gasteiger charge is 2.32. The van der Waals surface area contributed by atoms with Gasteiger partial charge in [-0.15, -0.1) is 0 Å². The molecule has 0 atom stereocenters. The Hall–Kier alpha value is -4.14. The number of anilines is 2. The number of benzene rings is 2. The highest BCUT2D eigenvalue weighted by Crippen LogP contribution is 2.30.